The summed E-state index contributed by atoms with van der Waals surface area (Å²) in [6.45, 7) is 9.85. The highest BCUT2D eigenvalue weighted by Gasteiger charge is 2.28. The molecule has 1 aliphatic heterocycles. The lowest BCUT2D eigenvalue weighted by Gasteiger charge is -2.23. The molecule has 2 aromatic heterocycles. The van der Waals surface area contributed by atoms with Gasteiger partial charge in [0, 0.05) is 38.8 Å². The molecule has 1 aliphatic rings. The highest BCUT2D eigenvalue weighted by Crippen LogP contribution is 2.25. The van der Waals surface area contributed by atoms with E-state index in [1.807, 2.05) is 6.07 Å². The number of nitrogens with zero attached hydrogens (tertiary/aromatic N) is 5. The summed E-state index contributed by atoms with van der Waals surface area (Å²) in [5.41, 5.74) is 5.53. The molecule has 0 saturated heterocycles. The summed E-state index contributed by atoms with van der Waals surface area (Å²) in [5, 5.41) is 12.2. The van der Waals surface area contributed by atoms with E-state index < -0.39 is 0 Å². The summed E-state index contributed by atoms with van der Waals surface area (Å²) in [4.78, 5) is 19.5. The predicted molar refractivity (Wildman–Crippen MR) is 145 cm³/mol. The van der Waals surface area contributed by atoms with Crippen molar-refractivity contribution in [1.29, 1.82) is 0 Å². The maximum absolute atomic E-state index is 12.8. The number of pyridine rings is 1. The number of aryl methyl sites for hydroxylation is 1. The predicted octanol–water partition coefficient (Wildman–Crippen LogP) is 4.83. The maximum atomic E-state index is 12.8. The molecule has 7 heteroatoms. The summed E-state index contributed by atoms with van der Waals surface area (Å²) in [5.74, 6) is 1.76. The first-order chi connectivity index (χ1) is 18.0. The van der Waals surface area contributed by atoms with Crippen LogP contribution in [0.2, 0.25) is 0 Å². The molecule has 0 fully saturated rings. The Balaban J connectivity index is 1.26. The Labute approximate surface area is 218 Å². The molecule has 5 rings (SSSR count). The van der Waals surface area contributed by atoms with Gasteiger partial charge in [-0.05, 0) is 47.2 Å². The largest absolute Gasteiger partial charge is 0.340 e. The van der Waals surface area contributed by atoms with Crippen molar-refractivity contribution in [3.8, 4) is 11.1 Å². The first-order valence-corrected chi connectivity index (χ1v) is 13.0. The van der Waals surface area contributed by atoms with Crippen LogP contribution in [0.1, 0.15) is 53.2 Å². The van der Waals surface area contributed by atoms with Crippen LogP contribution in [0.5, 0.6) is 0 Å². The number of fused-ring (bicyclic) bond motifs is 1. The van der Waals surface area contributed by atoms with Gasteiger partial charge in [0.15, 0.2) is 5.82 Å². The second-order valence-electron chi connectivity index (χ2n) is 10.1. The van der Waals surface area contributed by atoms with Crippen molar-refractivity contribution in [2.45, 2.75) is 46.3 Å². The van der Waals surface area contributed by atoms with Crippen LogP contribution in [0.4, 0.5) is 0 Å². The Morgan fingerprint density at radius 1 is 0.946 bits per heavy atom. The lowest BCUT2D eigenvalue weighted by Crippen LogP contribution is -2.34. The number of carbonyl (C=O) groups is 1. The first kappa shape index (κ1) is 24.8. The summed E-state index contributed by atoms with van der Waals surface area (Å²) in [6.07, 6.45) is 2.46. The molecule has 0 bridgehead atoms. The average molecular weight is 495 g/mol. The van der Waals surface area contributed by atoms with Crippen LogP contribution < -0.4 is 5.32 Å². The van der Waals surface area contributed by atoms with Crippen LogP contribution in [0.15, 0.2) is 72.9 Å². The van der Waals surface area contributed by atoms with E-state index in [1.54, 1.807) is 18.3 Å². The normalized spacial score (nSPS) is 14.7. The number of amides is 1. The molecular weight excluding hydrogens is 460 g/mol. The van der Waals surface area contributed by atoms with E-state index >= 15 is 0 Å². The first-order valence-electron chi connectivity index (χ1n) is 13.0. The summed E-state index contributed by atoms with van der Waals surface area (Å²) >= 11 is 0. The molecule has 2 aromatic carbocycles. The van der Waals surface area contributed by atoms with Gasteiger partial charge in [-0.2, -0.15) is 0 Å². The summed E-state index contributed by atoms with van der Waals surface area (Å²) in [7, 11) is 0. The topological polar surface area (TPSA) is 75.9 Å². The van der Waals surface area contributed by atoms with E-state index in [4.69, 9.17) is 0 Å². The smallest absolute Gasteiger partial charge is 0.270 e. The third-order valence-corrected chi connectivity index (χ3v) is 7.09. The summed E-state index contributed by atoms with van der Waals surface area (Å²) in [6, 6.07) is 22.5. The molecule has 0 radical (unpaired) electrons. The lowest BCUT2D eigenvalue weighted by molar-refractivity contribution is 0.0916. The Morgan fingerprint density at radius 2 is 1.73 bits per heavy atom. The standard InChI is InChI=1S/C30H34N6O/c1-21(2)28(32-30(37)26-10-6-7-16-31-26)29-34-33-27-15-17-35(18-19-36(27)29)20-23-11-13-24(14-12-23)25-9-5-4-8-22(25)3/h4-14,16,21,28H,15,17-20H2,1-3H3,(H,32,37)/t28-/m0/s1. The van der Waals surface area contributed by atoms with Crippen LogP contribution in [-0.2, 0) is 19.5 Å². The van der Waals surface area contributed by atoms with Gasteiger partial charge in [-0.1, -0.05) is 68.4 Å². The molecule has 0 unspecified atom stereocenters. The van der Waals surface area contributed by atoms with Gasteiger partial charge in [0.2, 0.25) is 0 Å². The highest BCUT2D eigenvalue weighted by molar-refractivity contribution is 5.92. The van der Waals surface area contributed by atoms with E-state index in [1.165, 1.54) is 22.3 Å². The van der Waals surface area contributed by atoms with Crippen molar-refractivity contribution in [2.24, 2.45) is 5.92 Å². The zero-order valence-electron chi connectivity index (χ0n) is 21.8. The Kier molecular flexibility index (Phi) is 7.42. The van der Waals surface area contributed by atoms with E-state index in [2.05, 4.69) is 99.3 Å². The zero-order valence-corrected chi connectivity index (χ0v) is 21.8. The molecule has 3 heterocycles. The van der Waals surface area contributed by atoms with Crippen molar-refractivity contribution in [2.75, 3.05) is 13.1 Å². The van der Waals surface area contributed by atoms with Gasteiger partial charge in [0.1, 0.15) is 11.5 Å². The molecule has 0 aliphatic carbocycles. The molecule has 190 valence electrons. The van der Waals surface area contributed by atoms with Gasteiger partial charge in [-0.15, -0.1) is 10.2 Å². The fourth-order valence-corrected chi connectivity index (χ4v) is 4.96. The van der Waals surface area contributed by atoms with E-state index in [9.17, 15) is 4.79 Å². The second kappa shape index (κ2) is 11.0. The van der Waals surface area contributed by atoms with Crippen LogP contribution in [-0.4, -0.2) is 43.6 Å². The molecule has 1 atom stereocenters. The number of rotatable bonds is 7. The molecule has 1 N–H and O–H groups in total. The van der Waals surface area contributed by atoms with Gasteiger partial charge >= 0.3 is 0 Å². The van der Waals surface area contributed by atoms with Crippen LogP contribution in [0.25, 0.3) is 11.1 Å². The Hall–Kier alpha value is -3.84. The third-order valence-electron chi connectivity index (χ3n) is 7.09. The molecule has 4 aromatic rings. The highest BCUT2D eigenvalue weighted by atomic mass is 16.2. The number of carbonyl (C=O) groups excluding carboxylic acids is 1. The Morgan fingerprint density at radius 3 is 2.46 bits per heavy atom. The minimum absolute atomic E-state index is 0.159. The number of benzene rings is 2. The number of aromatic nitrogens is 4. The lowest BCUT2D eigenvalue weighted by atomic mass is 9.99. The van der Waals surface area contributed by atoms with Crippen molar-refractivity contribution >= 4 is 5.91 Å². The van der Waals surface area contributed by atoms with Crippen molar-refractivity contribution in [3.05, 3.63) is 101 Å². The Bertz CT molecular complexity index is 1350. The molecule has 0 spiro atoms. The SMILES string of the molecule is Cc1ccccc1-c1ccc(CN2CCc3nnc([C@@H](NC(=O)c4ccccn4)C(C)C)n3CC2)cc1. The van der Waals surface area contributed by atoms with Gasteiger partial charge in [0.05, 0.1) is 6.04 Å². The fourth-order valence-electron chi connectivity index (χ4n) is 4.96. The molecule has 37 heavy (non-hydrogen) atoms. The molecule has 1 amide bonds. The van der Waals surface area contributed by atoms with Crippen molar-refractivity contribution < 1.29 is 4.79 Å². The molecule has 7 nitrogen and oxygen atoms in total. The summed E-state index contributed by atoms with van der Waals surface area (Å²) < 4.78 is 2.20. The van der Waals surface area contributed by atoms with Crippen LogP contribution >= 0.6 is 0 Å². The van der Waals surface area contributed by atoms with Crippen molar-refractivity contribution in [1.82, 2.24) is 30.0 Å². The minimum atomic E-state index is -0.240. The molecule has 0 saturated carbocycles. The van der Waals surface area contributed by atoms with Gasteiger partial charge in [-0.3, -0.25) is 14.7 Å². The molecular formula is C30H34N6O. The third kappa shape index (κ3) is 5.62. The number of nitrogens with one attached hydrogen (secondary N) is 1. The minimum Gasteiger partial charge on any atom is -0.340 e. The van der Waals surface area contributed by atoms with Gasteiger partial charge in [0.25, 0.3) is 5.91 Å². The fraction of sp³-hybridized carbons (Fsp3) is 0.333. The zero-order chi connectivity index (χ0) is 25.8. The second-order valence-corrected chi connectivity index (χ2v) is 10.1. The maximum Gasteiger partial charge on any atom is 0.270 e. The average Bonchev–Trinajstić information content (AvgIpc) is 3.21. The number of hydrogen-bond donors (Lipinski definition) is 1. The monoisotopic (exact) mass is 494 g/mol. The van der Waals surface area contributed by atoms with Gasteiger partial charge < -0.3 is 9.88 Å². The van der Waals surface area contributed by atoms with Crippen LogP contribution in [0.3, 0.4) is 0 Å². The van der Waals surface area contributed by atoms with Gasteiger partial charge in [-0.25, -0.2) is 0 Å². The van der Waals surface area contributed by atoms with E-state index in [-0.39, 0.29) is 17.9 Å². The van der Waals surface area contributed by atoms with E-state index in [0.29, 0.717) is 5.69 Å². The van der Waals surface area contributed by atoms with Crippen molar-refractivity contribution in [3.63, 3.8) is 0 Å². The van der Waals surface area contributed by atoms with E-state index in [0.717, 1.165) is 44.2 Å². The van der Waals surface area contributed by atoms with Crippen LogP contribution in [0, 0.1) is 12.8 Å². The quantitative estimate of drug-likeness (QED) is 0.398. The number of hydrogen-bond acceptors (Lipinski definition) is 5.